The Hall–Kier alpha value is -4.39. The predicted octanol–water partition coefficient (Wildman–Crippen LogP) is 4.57. The van der Waals surface area contributed by atoms with Crippen LogP contribution in [0.5, 0.6) is 5.75 Å². The Morgan fingerprint density at radius 3 is 2.53 bits per heavy atom. The zero-order chi connectivity index (χ0) is 23.8. The maximum Gasteiger partial charge on any atom is 0.329 e. The van der Waals surface area contributed by atoms with Gasteiger partial charge in [0, 0.05) is 35.5 Å². The van der Waals surface area contributed by atoms with Crippen molar-refractivity contribution in [3.63, 3.8) is 0 Å². The minimum Gasteiger partial charge on any atom is -0.488 e. The van der Waals surface area contributed by atoms with Crippen molar-refractivity contribution in [1.29, 1.82) is 0 Å². The standard InChI is InChI=1S/C27H22N2O5/c1-3-29-22-11-9-18(25(31)17-7-5-4-6-8-17)15-20(22)24-23(29)12-10-19-26(32)21(28-34-16(2)30)13-14-33-27(19)24/h4-13,15,28H,3,14H2,1-2H3. The second kappa shape index (κ2) is 8.51. The summed E-state index contributed by atoms with van der Waals surface area (Å²) in [5.41, 5.74) is 5.93. The molecule has 34 heavy (non-hydrogen) atoms. The molecule has 1 aromatic heterocycles. The first-order valence-corrected chi connectivity index (χ1v) is 11.0. The molecule has 0 atom stereocenters. The van der Waals surface area contributed by atoms with Gasteiger partial charge in [-0.25, -0.2) is 5.48 Å². The summed E-state index contributed by atoms with van der Waals surface area (Å²) in [6.45, 7) is 4.11. The largest absolute Gasteiger partial charge is 0.488 e. The molecule has 3 aromatic carbocycles. The van der Waals surface area contributed by atoms with Gasteiger partial charge in [-0.1, -0.05) is 30.3 Å². The van der Waals surface area contributed by atoms with Crippen molar-refractivity contribution in [2.24, 2.45) is 0 Å². The molecule has 0 radical (unpaired) electrons. The number of ketones is 2. The number of rotatable bonds is 5. The summed E-state index contributed by atoms with van der Waals surface area (Å²) in [5.74, 6) is -0.533. The molecule has 7 nitrogen and oxygen atoms in total. The third-order valence-electron chi connectivity index (χ3n) is 5.91. The monoisotopic (exact) mass is 454 g/mol. The normalized spacial score (nSPS) is 13.1. The summed E-state index contributed by atoms with van der Waals surface area (Å²) in [4.78, 5) is 42.3. The van der Waals surface area contributed by atoms with E-state index in [1.807, 2.05) is 49.4 Å². The molecule has 0 amide bonds. The number of Topliss-reactive ketones (excluding diaryl/α,β-unsaturated/α-hetero) is 1. The Kier molecular flexibility index (Phi) is 5.37. The van der Waals surface area contributed by atoms with Crippen LogP contribution in [0, 0.1) is 0 Å². The molecule has 5 rings (SSSR count). The minimum absolute atomic E-state index is 0.0755. The Balaban J connectivity index is 1.69. The zero-order valence-corrected chi connectivity index (χ0v) is 18.8. The number of carbonyl (C=O) groups is 3. The highest BCUT2D eigenvalue weighted by molar-refractivity contribution is 6.20. The van der Waals surface area contributed by atoms with Crippen molar-refractivity contribution in [2.45, 2.75) is 20.4 Å². The molecule has 7 heteroatoms. The quantitative estimate of drug-likeness (QED) is 0.351. The van der Waals surface area contributed by atoms with Crippen LogP contribution < -0.4 is 10.2 Å². The Labute approximate surface area is 195 Å². The topological polar surface area (TPSA) is 86.6 Å². The molecule has 0 aliphatic carbocycles. The van der Waals surface area contributed by atoms with Gasteiger partial charge >= 0.3 is 5.97 Å². The summed E-state index contributed by atoms with van der Waals surface area (Å²) in [6.07, 6.45) is 1.54. The maximum absolute atomic E-state index is 13.2. The van der Waals surface area contributed by atoms with Gasteiger partial charge in [0.15, 0.2) is 5.78 Å². The van der Waals surface area contributed by atoms with Crippen LogP contribution in [0.3, 0.4) is 0 Å². The van der Waals surface area contributed by atoms with Gasteiger partial charge in [0.1, 0.15) is 18.1 Å². The third-order valence-corrected chi connectivity index (χ3v) is 5.91. The molecule has 0 saturated heterocycles. The van der Waals surface area contributed by atoms with Gasteiger partial charge in [-0.3, -0.25) is 14.4 Å². The van der Waals surface area contributed by atoms with Crippen molar-refractivity contribution in [3.05, 3.63) is 89.1 Å². The Morgan fingerprint density at radius 1 is 1.03 bits per heavy atom. The van der Waals surface area contributed by atoms with E-state index in [0.29, 0.717) is 29.0 Å². The lowest BCUT2D eigenvalue weighted by Crippen LogP contribution is -2.23. The van der Waals surface area contributed by atoms with E-state index in [4.69, 9.17) is 9.57 Å². The van der Waals surface area contributed by atoms with Crippen LogP contribution in [-0.4, -0.2) is 28.7 Å². The third kappa shape index (κ3) is 3.51. The van der Waals surface area contributed by atoms with E-state index in [2.05, 4.69) is 10.0 Å². The lowest BCUT2D eigenvalue weighted by atomic mass is 9.99. The fourth-order valence-corrected chi connectivity index (χ4v) is 4.39. The average Bonchev–Trinajstić information content (AvgIpc) is 3.09. The van der Waals surface area contributed by atoms with E-state index in [-0.39, 0.29) is 23.9 Å². The summed E-state index contributed by atoms with van der Waals surface area (Å²) >= 11 is 0. The van der Waals surface area contributed by atoms with Gasteiger partial charge in [0.25, 0.3) is 0 Å². The number of hydrogen-bond acceptors (Lipinski definition) is 6. The number of aromatic nitrogens is 1. The van der Waals surface area contributed by atoms with Crippen LogP contribution >= 0.6 is 0 Å². The van der Waals surface area contributed by atoms with Gasteiger partial charge in [-0.2, -0.15) is 0 Å². The first-order valence-electron chi connectivity index (χ1n) is 11.0. The number of allylic oxidation sites excluding steroid dienone is 1. The number of ether oxygens (including phenoxy) is 1. The first kappa shape index (κ1) is 21.5. The number of hydrogen-bond donors (Lipinski definition) is 1. The van der Waals surface area contributed by atoms with Gasteiger partial charge in [0.2, 0.25) is 5.78 Å². The Bertz CT molecular complexity index is 1500. The number of benzene rings is 3. The molecule has 0 fully saturated rings. The molecule has 170 valence electrons. The van der Waals surface area contributed by atoms with Crippen LogP contribution in [0.15, 0.2) is 72.4 Å². The highest BCUT2D eigenvalue weighted by atomic mass is 16.7. The molecule has 0 unspecified atom stereocenters. The second-order valence-corrected chi connectivity index (χ2v) is 7.96. The summed E-state index contributed by atoms with van der Waals surface area (Å²) in [6, 6.07) is 18.4. The van der Waals surface area contributed by atoms with Crippen molar-refractivity contribution < 1.29 is 24.0 Å². The molecule has 0 spiro atoms. The SMILES string of the molecule is CCn1c2ccc(C(=O)c3ccccc3)cc2c2c3c(ccc21)C(=O)C(NOC(C)=O)=CCO3. The van der Waals surface area contributed by atoms with Crippen LogP contribution in [0.4, 0.5) is 0 Å². The van der Waals surface area contributed by atoms with Gasteiger partial charge in [-0.05, 0) is 43.3 Å². The molecular weight excluding hydrogens is 432 g/mol. The van der Waals surface area contributed by atoms with Gasteiger partial charge in [0.05, 0.1) is 16.5 Å². The van der Waals surface area contributed by atoms with Crippen molar-refractivity contribution >= 4 is 39.3 Å². The fourth-order valence-electron chi connectivity index (χ4n) is 4.39. The van der Waals surface area contributed by atoms with Crippen molar-refractivity contribution in [2.75, 3.05) is 6.61 Å². The molecule has 0 bridgehead atoms. The average molecular weight is 454 g/mol. The number of nitrogens with one attached hydrogen (secondary N) is 1. The number of fused-ring (bicyclic) bond motifs is 5. The van der Waals surface area contributed by atoms with E-state index in [0.717, 1.165) is 21.8 Å². The van der Waals surface area contributed by atoms with Crippen molar-refractivity contribution in [3.8, 4) is 5.75 Å². The molecule has 0 saturated carbocycles. The second-order valence-electron chi connectivity index (χ2n) is 7.96. The summed E-state index contributed by atoms with van der Waals surface area (Å²) in [5, 5.41) is 1.60. The molecule has 1 aliphatic rings. The van der Waals surface area contributed by atoms with E-state index >= 15 is 0 Å². The minimum atomic E-state index is -0.559. The number of carbonyl (C=O) groups excluding carboxylic acids is 3. The molecule has 2 heterocycles. The maximum atomic E-state index is 13.2. The lowest BCUT2D eigenvalue weighted by Gasteiger charge is -2.10. The van der Waals surface area contributed by atoms with Crippen LogP contribution in [0.25, 0.3) is 21.8 Å². The van der Waals surface area contributed by atoms with Gasteiger partial charge in [-0.15, -0.1) is 0 Å². The Morgan fingerprint density at radius 2 is 1.79 bits per heavy atom. The van der Waals surface area contributed by atoms with Crippen LogP contribution in [0.1, 0.15) is 40.1 Å². The first-order chi connectivity index (χ1) is 16.5. The number of hydroxylamine groups is 1. The highest BCUT2D eigenvalue weighted by Gasteiger charge is 2.26. The summed E-state index contributed by atoms with van der Waals surface area (Å²) in [7, 11) is 0. The molecule has 4 aromatic rings. The zero-order valence-electron chi connectivity index (χ0n) is 18.8. The number of nitrogens with zero attached hydrogens (tertiary/aromatic N) is 1. The highest BCUT2D eigenvalue weighted by Crippen LogP contribution is 2.40. The van der Waals surface area contributed by atoms with E-state index in [1.165, 1.54) is 6.92 Å². The smallest absolute Gasteiger partial charge is 0.329 e. The molecule has 1 N–H and O–H groups in total. The van der Waals surface area contributed by atoms with Crippen LogP contribution in [-0.2, 0) is 16.2 Å². The molecule has 1 aliphatic heterocycles. The van der Waals surface area contributed by atoms with E-state index < -0.39 is 5.97 Å². The van der Waals surface area contributed by atoms with Crippen LogP contribution in [0.2, 0.25) is 0 Å². The molecular formula is C27H22N2O5. The summed E-state index contributed by atoms with van der Waals surface area (Å²) < 4.78 is 8.18. The van der Waals surface area contributed by atoms with Crippen molar-refractivity contribution in [1.82, 2.24) is 10.0 Å². The number of aryl methyl sites for hydroxylation is 1. The predicted molar refractivity (Wildman–Crippen MR) is 128 cm³/mol. The van der Waals surface area contributed by atoms with E-state index in [1.54, 1.807) is 24.3 Å². The van der Waals surface area contributed by atoms with Gasteiger partial charge < -0.3 is 14.1 Å². The van der Waals surface area contributed by atoms with E-state index in [9.17, 15) is 14.4 Å². The lowest BCUT2D eigenvalue weighted by molar-refractivity contribution is -0.146. The fraction of sp³-hybridized carbons (Fsp3) is 0.148.